The molecule has 256 valence electrons. The summed E-state index contributed by atoms with van der Waals surface area (Å²) in [4.78, 5) is 16.3. The van der Waals surface area contributed by atoms with Crippen LogP contribution in [0, 0.1) is 11.8 Å². The third-order valence-corrected chi connectivity index (χ3v) is 12.3. The molecule has 0 radical (unpaired) electrons. The van der Waals surface area contributed by atoms with Crippen LogP contribution >= 0.6 is 11.8 Å². The SMILES string of the molecule is C=C[C@H]1CN2C(SCCCCCCCCCCCC)CC1C[C@H]2[C@H](OC(=O)NC1CCCCC1)C1=CCNc2ccc(OC)cc21. The number of alkyl carbamates (subject to hydrolysis) is 1. The first-order valence-corrected chi connectivity index (χ1v) is 19.8. The summed E-state index contributed by atoms with van der Waals surface area (Å²) >= 11 is 2.14. The van der Waals surface area contributed by atoms with Crippen LogP contribution in [0.15, 0.2) is 36.9 Å². The molecule has 1 aromatic rings. The number of hydrogen-bond acceptors (Lipinski definition) is 6. The van der Waals surface area contributed by atoms with Crippen LogP contribution in [0.1, 0.15) is 122 Å². The number of anilines is 1. The molecule has 4 fully saturated rings. The number of rotatable bonds is 18. The Labute approximate surface area is 283 Å². The van der Waals surface area contributed by atoms with E-state index in [9.17, 15) is 4.79 Å². The third kappa shape index (κ3) is 9.49. The van der Waals surface area contributed by atoms with Gasteiger partial charge in [0, 0.05) is 36.0 Å². The Bertz CT molecular complexity index is 1140. The van der Waals surface area contributed by atoms with Crippen molar-refractivity contribution in [3.8, 4) is 5.75 Å². The first kappa shape index (κ1) is 35.2. The number of ether oxygens (including phenoxy) is 2. The van der Waals surface area contributed by atoms with Crippen LogP contribution in [0.5, 0.6) is 5.75 Å². The molecule has 2 N–H and O–H groups in total. The molecule has 4 aliphatic heterocycles. The number of nitrogens with one attached hydrogen (secondary N) is 2. The lowest BCUT2D eigenvalue weighted by molar-refractivity contribution is -0.0412. The summed E-state index contributed by atoms with van der Waals surface area (Å²) in [7, 11) is 1.71. The Kier molecular flexibility index (Phi) is 14.1. The predicted molar refractivity (Wildman–Crippen MR) is 195 cm³/mol. The lowest BCUT2D eigenvalue weighted by Gasteiger charge is -2.55. The van der Waals surface area contributed by atoms with Crippen LogP contribution in [-0.4, -0.2) is 60.5 Å². The second kappa shape index (κ2) is 18.4. The van der Waals surface area contributed by atoms with Crippen LogP contribution in [0.3, 0.4) is 0 Å². The summed E-state index contributed by atoms with van der Waals surface area (Å²) in [5.74, 6) is 3.09. The van der Waals surface area contributed by atoms with Gasteiger partial charge in [0.05, 0.1) is 18.5 Å². The average molecular weight is 652 g/mol. The second-order valence-electron chi connectivity index (χ2n) is 14.2. The zero-order valence-electron chi connectivity index (χ0n) is 28.8. The van der Waals surface area contributed by atoms with Gasteiger partial charge in [0.1, 0.15) is 11.9 Å². The average Bonchev–Trinajstić information content (AvgIpc) is 3.09. The quantitative estimate of drug-likeness (QED) is 0.122. The van der Waals surface area contributed by atoms with Crippen LogP contribution in [0.25, 0.3) is 5.57 Å². The molecule has 5 aliphatic rings. The van der Waals surface area contributed by atoms with Gasteiger partial charge in [0.25, 0.3) is 0 Å². The number of nitrogens with zero attached hydrogens (tertiary/aromatic N) is 1. The van der Waals surface area contributed by atoms with Crippen molar-refractivity contribution in [2.75, 3.05) is 31.3 Å². The minimum Gasteiger partial charge on any atom is -0.497 e. The second-order valence-corrected chi connectivity index (χ2v) is 15.4. The lowest BCUT2D eigenvalue weighted by atomic mass is 9.72. The van der Waals surface area contributed by atoms with Gasteiger partial charge >= 0.3 is 6.09 Å². The van der Waals surface area contributed by atoms with E-state index in [1.165, 1.54) is 95.6 Å². The fraction of sp³-hybridized carbons (Fsp3) is 0.718. The lowest BCUT2D eigenvalue weighted by Crippen LogP contribution is -2.61. The van der Waals surface area contributed by atoms with Gasteiger partial charge in [0.2, 0.25) is 0 Å². The molecule has 1 amide bonds. The molecule has 0 spiro atoms. The molecule has 1 aliphatic carbocycles. The number of carbonyl (C=O) groups is 1. The van der Waals surface area contributed by atoms with Crippen molar-refractivity contribution in [2.45, 2.75) is 140 Å². The summed E-state index contributed by atoms with van der Waals surface area (Å²) in [5.41, 5.74) is 3.27. The van der Waals surface area contributed by atoms with Crippen LogP contribution in [0.2, 0.25) is 0 Å². The Morgan fingerprint density at radius 3 is 2.50 bits per heavy atom. The molecule has 2 bridgehead atoms. The van der Waals surface area contributed by atoms with Crippen molar-refractivity contribution in [1.29, 1.82) is 0 Å². The molecule has 6 atom stereocenters. The topological polar surface area (TPSA) is 62.8 Å². The van der Waals surface area contributed by atoms with E-state index in [0.29, 0.717) is 17.2 Å². The monoisotopic (exact) mass is 651 g/mol. The summed E-state index contributed by atoms with van der Waals surface area (Å²) in [6, 6.07) is 6.55. The van der Waals surface area contributed by atoms with Crippen LogP contribution in [-0.2, 0) is 4.74 Å². The van der Waals surface area contributed by atoms with E-state index >= 15 is 0 Å². The number of carbonyl (C=O) groups excluding carboxylic acids is 1. The summed E-state index contributed by atoms with van der Waals surface area (Å²) in [5, 5.41) is 7.24. The third-order valence-electron chi connectivity index (χ3n) is 11.0. The molecule has 1 aromatic carbocycles. The van der Waals surface area contributed by atoms with E-state index in [1.54, 1.807) is 7.11 Å². The molecule has 6 rings (SSSR count). The van der Waals surface area contributed by atoms with Crippen molar-refractivity contribution in [2.24, 2.45) is 11.8 Å². The number of benzene rings is 1. The minimum atomic E-state index is -0.342. The molecule has 3 saturated heterocycles. The van der Waals surface area contributed by atoms with E-state index in [2.05, 4.69) is 65.1 Å². The molecular formula is C39H61N3O3S. The van der Waals surface area contributed by atoms with Gasteiger partial charge in [-0.15, -0.1) is 18.3 Å². The van der Waals surface area contributed by atoms with E-state index < -0.39 is 0 Å². The highest BCUT2D eigenvalue weighted by Gasteiger charge is 2.49. The van der Waals surface area contributed by atoms with Crippen LogP contribution < -0.4 is 15.4 Å². The van der Waals surface area contributed by atoms with Gasteiger partial charge in [-0.3, -0.25) is 4.90 Å². The van der Waals surface area contributed by atoms with Crippen molar-refractivity contribution in [3.05, 3.63) is 42.5 Å². The predicted octanol–water partition coefficient (Wildman–Crippen LogP) is 9.81. The normalized spacial score (nSPS) is 26.4. The fourth-order valence-electron chi connectivity index (χ4n) is 8.29. The van der Waals surface area contributed by atoms with E-state index in [4.69, 9.17) is 9.47 Å². The first-order chi connectivity index (χ1) is 22.6. The molecule has 7 heteroatoms. The summed E-state index contributed by atoms with van der Waals surface area (Å²) < 4.78 is 12.2. The Morgan fingerprint density at radius 2 is 1.80 bits per heavy atom. The zero-order valence-corrected chi connectivity index (χ0v) is 29.6. The highest BCUT2D eigenvalue weighted by atomic mass is 32.2. The Hall–Kier alpha value is -2.12. The molecular weight excluding hydrogens is 591 g/mol. The van der Waals surface area contributed by atoms with E-state index in [1.807, 2.05) is 6.07 Å². The number of piperidine rings is 3. The molecule has 46 heavy (non-hydrogen) atoms. The number of amides is 1. The molecule has 3 unspecified atom stereocenters. The van der Waals surface area contributed by atoms with Gasteiger partial charge in [-0.2, -0.15) is 0 Å². The van der Waals surface area contributed by atoms with E-state index in [-0.39, 0.29) is 24.3 Å². The standard InChI is InChI=1S/C39H61N3O3S/c1-4-6-7-8-9-10-11-12-13-17-24-46-37-26-30-25-36(42(37)28-29(30)5-2)38(45-39(43)41-31-18-15-14-16-19-31)33-22-23-40-35-21-20-32(44-3)27-34(33)35/h5,20-22,27,29-31,36-38,40H,2,4,6-19,23-26,28H2,1,3H3,(H,41,43)/t29-,30?,36-,37?,38+/m0/s1. The maximum Gasteiger partial charge on any atom is 0.408 e. The highest BCUT2D eigenvalue weighted by molar-refractivity contribution is 7.99. The maximum atomic E-state index is 13.6. The van der Waals surface area contributed by atoms with E-state index in [0.717, 1.165) is 54.9 Å². The Balaban J connectivity index is 1.26. The van der Waals surface area contributed by atoms with Gasteiger partial charge in [-0.05, 0) is 67.9 Å². The summed E-state index contributed by atoms with van der Waals surface area (Å²) in [6.45, 7) is 8.23. The van der Waals surface area contributed by atoms with Gasteiger partial charge in [-0.1, -0.05) is 96.1 Å². The zero-order chi connectivity index (χ0) is 32.1. The van der Waals surface area contributed by atoms with Gasteiger partial charge in [-0.25, -0.2) is 4.79 Å². The Morgan fingerprint density at radius 1 is 1.07 bits per heavy atom. The molecule has 1 saturated carbocycles. The number of unbranched alkanes of at least 4 members (excludes halogenated alkanes) is 9. The molecule has 0 aromatic heterocycles. The first-order valence-electron chi connectivity index (χ1n) is 18.7. The number of methoxy groups -OCH3 is 1. The minimum absolute atomic E-state index is 0.140. The maximum absolute atomic E-state index is 13.6. The van der Waals surface area contributed by atoms with Gasteiger partial charge < -0.3 is 20.1 Å². The molecule has 4 heterocycles. The smallest absolute Gasteiger partial charge is 0.408 e. The number of fused-ring (bicyclic) bond motifs is 4. The van der Waals surface area contributed by atoms with Crippen molar-refractivity contribution in [1.82, 2.24) is 10.2 Å². The number of hydrogen-bond donors (Lipinski definition) is 2. The van der Waals surface area contributed by atoms with Gasteiger partial charge in [0.15, 0.2) is 0 Å². The van der Waals surface area contributed by atoms with Crippen LogP contribution in [0.4, 0.5) is 10.5 Å². The molecule has 6 nitrogen and oxygen atoms in total. The van der Waals surface area contributed by atoms with Crippen molar-refractivity contribution < 1.29 is 14.3 Å². The number of thioether (sulfide) groups is 1. The fourth-order valence-corrected chi connectivity index (χ4v) is 9.75. The summed E-state index contributed by atoms with van der Waals surface area (Å²) in [6.07, 6.45) is 25.4. The highest BCUT2D eigenvalue weighted by Crippen LogP contribution is 2.48. The van der Waals surface area contributed by atoms with Crippen molar-refractivity contribution in [3.63, 3.8) is 0 Å². The van der Waals surface area contributed by atoms with Crippen molar-refractivity contribution >= 4 is 29.1 Å². The largest absolute Gasteiger partial charge is 0.497 e.